The first-order chi connectivity index (χ1) is 12.9. The molecule has 1 heterocycles. The van der Waals surface area contributed by atoms with Gasteiger partial charge in [0.1, 0.15) is 11.5 Å². The third-order valence-electron chi connectivity index (χ3n) is 5.11. The lowest BCUT2D eigenvalue weighted by atomic mass is 9.69. The Bertz CT molecular complexity index is 1010. The molecule has 134 valence electrons. The van der Waals surface area contributed by atoms with E-state index in [0.717, 1.165) is 16.7 Å². The van der Waals surface area contributed by atoms with E-state index in [1.54, 1.807) is 24.3 Å². The number of ether oxygens (including phenoxy) is 1. The van der Waals surface area contributed by atoms with Gasteiger partial charge in [0.15, 0.2) is 0 Å². The van der Waals surface area contributed by atoms with Gasteiger partial charge in [-0.2, -0.15) is 0 Å². The molecule has 0 aliphatic carbocycles. The number of carboxylic acids is 2. The van der Waals surface area contributed by atoms with Gasteiger partial charge in [-0.15, -0.1) is 0 Å². The fourth-order valence-electron chi connectivity index (χ4n) is 3.65. The molecule has 0 saturated carbocycles. The third kappa shape index (κ3) is 2.56. The molecule has 2 N–H and O–H groups in total. The zero-order valence-electron chi connectivity index (χ0n) is 14.5. The highest BCUT2D eigenvalue weighted by Gasteiger charge is 2.40. The van der Waals surface area contributed by atoms with Gasteiger partial charge in [-0.1, -0.05) is 42.5 Å². The van der Waals surface area contributed by atoms with Crippen molar-refractivity contribution in [2.24, 2.45) is 0 Å². The Morgan fingerprint density at radius 3 is 1.70 bits per heavy atom. The molecule has 0 radical (unpaired) electrons. The van der Waals surface area contributed by atoms with Crippen LogP contribution in [0.15, 0.2) is 66.7 Å². The van der Waals surface area contributed by atoms with Gasteiger partial charge in [-0.25, -0.2) is 9.59 Å². The Morgan fingerprint density at radius 2 is 1.26 bits per heavy atom. The van der Waals surface area contributed by atoms with Crippen molar-refractivity contribution in [3.63, 3.8) is 0 Å². The maximum atomic E-state index is 11.4. The molecule has 4 rings (SSSR count). The molecule has 1 aliphatic heterocycles. The molecule has 0 spiro atoms. The van der Waals surface area contributed by atoms with E-state index >= 15 is 0 Å². The van der Waals surface area contributed by atoms with Gasteiger partial charge in [-0.3, -0.25) is 0 Å². The summed E-state index contributed by atoms with van der Waals surface area (Å²) in [6.45, 7) is 2.03. The van der Waals surface area contributed by atoms with Crippen LogP contribution in [0.25, 0.3) is 0 Å². The summed E-state index contributed by atoms with van der Waals surface area (Å²) < 4.78 is 5.95. The van der Waals surface area contributed by atoms with Gasteiger partial charge in [0.05, 0.1) is 11.1 Å². The fraction of sp³-hybridized carbons (Fsp3) is 0.0909. The van der Waals surface area contributed by atoms with E-state index < -0.39 is 17.4 Å². The topological polar surface area (TPSA) is 83.8 Å². The van der Waals surface area contributed by atoms with Crippen molar-refractivity contribution >= 4 is 11.9 Å². The average molecular weight is 360 g/mol. The maximum Gasteiger partial charge on any atom is 0.335 e. The van der Waals surface area contributed by atoms with Crippen LogP contribution in [0.4, 0.5) is 0 Å². The summed E-state index contributed by atoms with van der Waals surface area (Å²) >= 11 is 0. The van der Waals surface area contributed by atoms with Crippen LogP contribution in [0.1, 0.15) is 44.3 Å². The second-order valence-corrected chi connectivity index (χ2v) is 6.63. The van der Waals surface area contributed by atoms with Gasteiger partial charge < -0.3 is 14.9 Å². The molecular weight excluding hydrogens is 344 g/mol. The van der Waals surface area contributed by atoms with Crippen LogP contribution in [0.2, 0.25) is 0 Å². The average Bonchev–Trinajstić information content (AvgIpc) is 2.67. The predicted octanol–water partition coefficient (Wildman–Crippen LogP) is 4.54. The van der Waals surface area contributed by atoms with Crippen LogP contribution in [0.5, 0.6) is 11.5 Å². The summed E-state index contributed by atoms with van der Waals surface area (Å²) in [5, 5.41) is 18.6. The summed E-state index contributed by atoms with van der Waals surface area (Å²) in [5.74, 6) is -1.27. The van der Waals surface area contributed by atoms with Gasteiger partial charge in [-0.05, 0) is 36.8 Å². The first-order valence-corrected chi connectivity index (χ1v) is 8.40. The summed E-state index contributed by atoms with van der Waals surface area (Å²) in [4.78, 5) is 22.7. The third-order valence-corrected chi connectivity index (χ3v) is 5.11. The molecule has 5 nitrogen and oxygen atoms in total. The lowest BCUT2D eigenvalue weighted by Gasteiger charge is -2.38. The lowest BCUT2D eigenvalue weighted by molar-refractivity contribution is 0.0686. The molecule has 0 atom stereocenters. The van der Waals surface area contributed by atoms with Crippen LogP contribution in [0, 0.1) is 0 Å². The number of aromatic carboxylic acids is 2. The van der Waals surface area contributed by atoms with Crippen molar-refractivity contribution in [3.8, 4) is 11.5 Å². The summed E-state index contributed by atoms with van der Waals surface area (Å²) in [5.41, 5.74) is 2.27. The Hall–Kier alpha value is -3.60. The van der Waals surface area contributed by atoms with Crippen molar-refractivity contribution in [2.75, 3.05) is 0 Å². The van der Waals surface area contributed by atoms with E-state index in [0.29, 0.717) is 11.5 Å². The van der Waals surface area contributed by atoms with Crippen molar-refractivity contribution < 1.29 is 24.5 Å². The van der Waals surface area contributed by atoms with Crippen LogP contribution >= 0.6 is 0 Å². The van der Waals surface area contributed by atoms with E-state index in [-0.39, 0.29) is 11.1 Å². The van der Waals surface area contributed by atoms with Crippen LogP contribution in [0.3, 0.4) is 0 Å². The Kier molecular flexibility index (Phi) is 3.73. The second kappa shape index (κ2) is 5.99. The maximum absolute atomic E-state index is 11.4. The molecule has 3 aromatic rings. The first-order valence-electron chi connectivity index (χ1n) is 8.40. The SMILES string of the molecule is CC1(c2ccccc2)c2ccc(C(=O)O)cc2Oc2cc(C(=O)O)ccc21. The van der Waals surface area contributed by atoms with E-state index in [1.165, 1.54) is 12.1 Å². The van der Waals surface area contributed by atoms with E-state index in [2.05, 4.69) is 0 Å². The highest BCUT2D eigenvalue weighted by atomic mass is 16.5. The monoisotopic (exact) mass is 360 g/mol. The number of hydrogen-bond acceptors (Lipinski definition) is 3. The van der Waals surface area contributed by atoms with E-state index in [1.807, 2.05) is 37.3 Å². The molecule has 0 saturated heterocycles. The lowest BCUT2D eigenvalue weighted by Crippen LogP contribution is -2.29. The fourth-order valence-corrected chi connectivity index (χ4v) is 3.65. The molecule has 27 heavy (non-hydrogen) atoms. The summed E-state index contributed by atoms with van der Waals surface area (Å²) in [6, 6.07) is 19.4. The second-order valence-electron chi connectivity index (χ2n) is 6.63. The molecule has 1 aliphatic rings. The van der Waals surface area contributed by atoms with Gasteiger partial charge in [0.2, 0.25) is 0 Å². The minimum absolute atomic E-state index is 0.113. The molecule has 0 bridgehead atoms. The number of carbonyl (C=O) groups is 2. The van der Waals surface area contributed by atoms with E-state index in [4.69, 9.17) is 4.74 Å². The van der Waals surface area contributed by atoms with Crippen molar-refractivity contribution in [1.82, 2.24) is 0 Å². The first kappa shape index (κ1) is 16.8. The minimum atomic E-state index is -1.05. The molecule has 0 amide bonds. The zero-order chi connectivity index (χ0) is 19.2. The molecule has 0 fully saturated rings. The number of carboxylic acid groups (broad SMARTS) is 2. The Balaban J connectivity index is 2.01. The van der Waals surface area contributed by atoms with Crippen LogP contribution in [-0.2, 0) is 5.41 Å². The van der Waals surface area contributed by atoms with Crippen LogP contribution in [-0.4, -0.2) is 22.2 Å². The quantitative estimate of drug-likeness (QED) is 0.716. The molecule has 5 heteroatoms. The normalized spacial score (nSPS) is 13.8. The molecular formula is C22H16O5. The highest BCUT2D eigenvalue weighted by molar-refractivity contribution is 5.90. The van der Waals surface area contributed by atoms with Crippen molar-refractivity contribution in [2.45, 2.75) is 12.3 Å². The van der Waals surface area contributed by atoms with Crippen molar-refractivity contribution in [1.29, 1.82) is 0 Å². The molecule has 3 aromatic carbocycles. The zero-order valence-corrected chi connectivity index (χ0v) is 14.5. The van der Waals surface area contributed by atoms with Gasteiger partial charge in [0, 0.05) is 16.5 Å². The minimum Gasteiger partial charge on any atom is -0.478 e. The van der Waals surface area contributed by atoms with Crippen LogP contribution < -0.4 is 4.74 Å². The smallest absolute Gasteiger partial charge is 0.335 e. The summed E-state index contributed by atoms with van der Waals surface area (Å²) in [6.07, 6.45) is 0. The highest BCUT2D eigenvalue weighted by Crippen LogP contribution is 2.51. The molecule has 0 unspecified atom stereocenters. The standard InChI is InChI=1S/C22H16O5/c1-22(15-5-3-2-4-6-15)16-9-7-13(20(23)24)11-18(16)27-19-12-14(21(25)26)8-10-17(19)22/h2-12H,1H3,(H,23,24)(H,25,26). The Morgan fingerprint density at radius 1 is 0.778 bits per heavy atom. The molecule has 0 aromatic heterocycles. The largest absolute Gasteiger partial charge is 0.478 e. The number of hydrogen-bond donors (Lipinski definition) is 2. The van der Waals surface area contributed by atoms with Gasteiger partial charge in [0.25, 0.3) is 0 Å². The number of fused-ring (bicyclic) bond motifs is 2. The van der Waals surface area contributed by atoms with E-state index in [9.17, 15) is 19.8 Å². The Labute approximate surface area is 155 Å². The number of rotatable bonds is 3. The summed E-state index contributed by atoms with van der Waals surface area (Å²) in [7, 11) is 0. The van der Waals surface area contributed by atoms with Gasteiger partial charge >= 0.3 is 11.9 Å². The number of benzene rings is 3. The van der Waals surface area contributed by atoms with Crippen molar-refractivity contribution in [3.05, 3.63) is 94.5 Å². The predicted molar refractivity (Wildman–Crippen MR) is 98.9 cm³/mol.